The van der Waals surface area contributed by atoms with Crippen molar-refractivity contribution in [3.8, 4) is 5.75 Å². The summed E-state index contributed by atoms with van der Waals surface area (Å²) in [7, 11) is 0. The zero-order chi connectivity index (χ0) is 21.2. The van der Waals surface area contributed by atoms with E-state index in [0.29, 0.717) is 30.1 Å². The molecule has 0 aromatic heterocycles. The minimum Gasteiger partial charge on any atom is -0.493 e. The van der Waals surface area contributed by atoms with Crippen LogP contribution in [0.25, 0.3) is 0 Å². The second kappa shape index (κ2) is 9.02. The van der Waals surface area contributed by atoms with E-state index in [0.717, 1.165) is 50.5 Å². The molecule has 3 atom stereocenters. The molecule has 0 N–H and O–H groups in total. The van der Waals surface area contributed by atoms with Gasteiger partial charge in [-0.3, -0.25) is 4.79 Å². The van der Waals surface area contributed by atoms with Gasteiger partial charge >= 0.3 is 0 Å². The lowest BCUT2D eigenvalue weighted by atomic mass is 9.80. The van der Waals surface area contributed by atoms with Crippen LogP contribution in [0, 0.1) is 29.0 Å². The molecule has 2 fully saturated rings. The van der Waals surface area contributed by atoms with Crippen LogP contribution in [-0.4, -0.2) is 12.4 Å². The average molecular weight is 401 g/mol. The summed E-state index contributed by atoms with van der Waals surface area (Å²) >= 11 is 0. The molecule has 2 aliphatic rings. The lowest BCUT2D eigenvalue weighted by molar-refractivity contribution is 0.0884. The van der Waals surface area contributed by atoms with Gasteiger partial charge in [-0.05, 0) is 74.3 Å². The van der Waals surface area contributed by atoms with Gasteiger partial charge in [0.25, 0.3) is 0 Å². The first-order valence-electron chi connectivity index (χ1n) is 11.5. The van der Waals surface area contributed by atoms with E-state index in [9.17, 15) is 4.79 Å². The van der Waals surface area contributed by atoms with Gasteiger partial charge in [0, 0.05) is 17.4 Å². The predicted octanol–water partition coefficient (Wildman–Crippen LogP) is 7.33. The number of ketones is 1. The molecule has 0 radical (unpaired) electrons. The van der Waals surface area contributed by atoms with Crippen LogP contribution in [0.2, 0.25) is 0 Å². The second-order valence-electron chi connectivity index (χ2n) is 9.52. The minimum absolute atomic E-state index is 0.0177. The largest absolute Gasteiger partial charge is 0.493 e. The normalized spacial score (nSPS) is 24.5. The van der Waals surface area contributed by atoms with Crippen LogP contribution in [0.1, 0.15) is 94.5 Å². The molecule has 0 heterocycles. The SMILES string of the molecule is C=CCC(CC)(CC)COc1cc(F)c(C(=O)[C@@H]2CC[C@H](C)[C@H]2C)cc1C1CC1. The Morgan fingerprint density at radius 1 is 1.21 bits per heavy atom. The highest BCUT2D eigenvalue weighted by Crippen LogP contribution is 2.47. The molecule has 2 nitrogen and oxygen atoms in total. The Kier molecular flexibility index (Phi) is 6.86. The lowest BCUT2D eigenvalue weighted by Gasteiger charge is -2.31. The standard InChI is InChI=1S/C26H37FO2/c1-6-13-26(7-2,8-3)16-29-24-15-23(27)22(14-21(24)19-10-11-19)25(28)20-12-9-17(4)18(20)5/h6,14-15,17-20H,1,7-13,16H2,2-5H3/t17-,18+,20+/m0/s1. The van der Waals surface area contributed by atoms with E-state index in [-0.39, 0.29) is 22.7 Å². The van der Waals surface area contributed by atoms with Crippen molar-refractivity contribution in [2.75, 3.05) is 6.61 Å². The second-order valence-corrected chi connectivity index (χ2v) is 9.52. The van der Waals surface area contributed by atoms with Crippen molar-refractivity contribution >= 4 is 5.78 Å². The van der Waals surface area contributed by atoms with Gasteiger partial charge in [-0.15, -0.1) is 6.58 Å². The van der Waals surface area contributed by atoms with Crippen LogP contribution in [-0.2, 0) is 0 Å². The number of ether oxygens (including phenoxy) is 1. The number of rotatable bonds is 10. The third-order valence-corrected chi connectivity index (χ3v) is 7.80. The highest BCUT2D eigenvalue weighted by atomic mass is 19.1. The van der Waals surface area contributed by atoms with Gasteiger partial charge in [-0.1, -0.05) is 33.8 Å². The van der Waals surface area contributed by atoms with E-state index in [4.69, 9.17) is 4.74 Å². The summed E-state index contributed by atoms with van der Waals surface area (Å²) in [5.41, 5.74) is 1.32. The number of hydrogen-bond donors (Lipinski definition) is 0. The maximum atomic E-state index is 15.1. The number of Topliss-reactive ketones (excluding diaryl/α,β-unsaturated/α-hetero) is 1. The van der Waals surface area contributed by atoms with Crippen LogP contribution < -0.4 is 4.74 Å². The summed E-state index contributed by atoms with van der Waals surface area (Å²) in [5.74, 6) is 1.37. The third-order valence-electron chi connectivity index (χ3n) is 7.80. The van der Waals surface area contributed by atoms with Crippen molar-refractivity contribution in [3.05, 3.63) is 41.7 Å². The fourth-order valence-corrected chi connectivity index (χ4v) is 4.87. The van der Waals surface area contributed by atoms with Gasteiger partial charge in [0.1, 0.15) is 11.6 Å². The molecule has 2 saturated carbocycles. The van der Waals surface area contributed by atoms with Crippen molar-refractivity contribution in [1.29, 1.82) is 0 Å². The van der Waals surface area contributed by atoms with Gasteiger partial charge in [-0.2, -0.15) is 0 Å². The molecule has 0 spiro atoms. The van der Waals surface area contributed by atoms with Crippen molar-refractivity contribution < 1.29 is 13.9 Å². The van der Waals surface area contributed by atoms with E-state index in [1.807, 2.05) is 12.1 Å². The maximum absolute atomic E-state index is 15.1. The van der Waals surface area contributed by atoms with Gasteiger partial charge in [0.2, 0.25) is 0 Å². The van der Waals surface area contributed by atoms with Crippen LogP contribution in [0.15, 0.2) is 24.8 Å². The summed E-state index contributed by atoms with van der Waals surface area (Å²) in [6.07, 6.45) is 8.91. The van der Waals surface area contributed by atoms with E-state index < -0.39 is 5.82 Å². The quantitative estimate of drug-likeness (QED) is 0.303. The van der Waals surface area contributed by atoms with Crippen LogP contribution >= 0.6 is 0 Å². The number of allylic oxidation sites excluding steroid dienone is 1. The fourth-order valence-electron chi connectivity index (χ4n) is 4.87. The predicted molar refractivity (Wildman–Crippen MR) is 117 cm³/mol. The molecule has 1 aromatic carbocycles. The Labute approximate surface area is 175 Å². The lowest BCUT2D eigenvalue weighted by Crippen LogP contribution is -2.27. The summed E-state index contributed by atoms with van der Waals surface area (Å²) in [5, 5.41) is 0. The van der Waals surface area contributed by atoms with Crippen LogP contribution in [0.5, 0.6) is 5.75 Å². The average Bonchev–Trinajstić information content (AvgIpc) is 3.50. The van der Waals surface area contributed by atoms with E-state index in [1.54, 1.807) is 0 Å². The molecule has 0 aliphatic heterocycles. The molecule has 0 bridgehead atoms. The van der Waals surface area contributed by atoms with Gasteiger partial charge in [0.15, 0.2) is 5.78 Å². The minimum atomic E-state index is -0.427. The fraction of sp³-hybridized carbons (Fsp3) is 0.654. The van der Waals surface area contributed by atoms with E-state index >= 15 is 4.39 Å². The van der Waals surface area contributed by atoms with E-state index in [2.05, 4.69) is 34.3 Å². The van der Waals surface area contributed by atoms with Crippen LogP contribution in [0.4, 0.5) is 4.39 Å². The zero-order valence-corrected chi connectivity index (χ0v) is 18.6. The van der Waals surface area contributed by atoms with Gasteiger partial charge < -0.3 is 4.74 Å². The third kappa shape index (κ3) is 4.59. The molecule has 1 aromatic rings. The Bertz CT molecular complexity index is 745. The summed E-state index contributed by atoms with van der Waals surface area (Å²) in [6, 6.07) is 3.29. The van der Waals surface area contributed by atoms with Crippen molar-refractivity contribution in [3.63, 3.8) is 0 Å². The summed E-state index contributed by atoms with van der Waals surface area (Å²) in [4.78, 5) is 13.1. The Morgan fingerprint density at radius 3 is 2.41 bits per heavy atom. The number of halogens is 1. The smallest absolute Gasteiger partial charge is 0.169 e. The Morgan fingerprint density at radius 2 is 1.90 bits per heavy atom. The molecule has 2 aliphatic carbocycles. The molecule has 0 amide bonds. The van der Waals surface area contributed by atoms with Crippen molar-refractivity contribution in [2.45, 2.75) is 78.6 Å². The van der Waals surface area contributed by atoms with Gasteiger partial charge in [0.05, 0.1) is 12.2 Å². The first kappa shape index (κ1) is 22.1. The summed E-state index contributed by atoms with van der Waals surface area (Å²) < 4.78 is 21.3. The molecule has 0 saturated heterocycles. The number of benzene rings is 1. The number of carbonyl (C=O) groups excluding carboxylic acids is 1. The highest BCUT2D eigenvalue weighted by Gasteiger charge is 2.37. The Hall–Kier alpha value is -1.64. The molecule has 3 rings (SSSR count). The van der Waals surface area contributed by atoms with Crippen molar-refractivity contribution in [1.82, 2.24) is 0 Å². The molecular formula is C26H37FO2. The monoisotopic (exact) mass is 400 g/mol. The first-order chi connectivity index (χ1) is 13.9. The number of hydrogen-bond acceptors (Lipinski definition) is 2. The Balaban J connectivity index is 1.85. The maximum Gasteiger partial charge on any atom is 0.169 e. The molecular weight excluding hydrogens is 363 g/mol. The van der Waals surface area contributed by atoms with Crippen molar-refractivity contribution in [2.24, 2.45) is 23.2 Å². The van der Waals surface area contributed by atoms with Gasteiger partial charge in [-0.25, -0.2) is 4.39 Å². The summed E-state index contributed by atoms with van der Waals surface area (Å²) in [6.45, 7) is 13.1. The van der Waals surface area contributed by atoms with Crippen LogP contribution in [0.3, 0.4) is 0 Å². The number of carbonyl (C=O) groups is 1. The first-order valence-corrected chi connectivity index (χ1v) is 11.5. The molecule has 3 heteroatoms. The van der Waals surface area contributed by atoms with E-state index in [1.165, 1.54) is 6.07 Å². The zero-order valence-electron chi connectivity index (χ0n) is 18.6. The highest BCUT2D eigenvalue weighted by molar-refractivity contribution is 5.99. The molecule has 29 heavy (non-hydrogen) atoms. The topological polar surface area (TPSA) is 26.3 Å². The molecule has 0 unspecified atom stereocenters. The molecule has 160 valence electrons.